The number of aryl methyl sites for hydroxylation is 1. The molecule has 1 fully saturated rings. The van der Waals surface area contributed by atoms with Crippen molar-refractivity contribution in [2.75, 3.05) is 19.6 Å². The molecule has 0 bridgehead atoms. The van der Waals surface area contributed by atoms with Crippen LogP contribution in [0, 0.1) is 25.7 Å². The number of carboxylic acid groups (broad SMARTS) is 1. The van der Waals surface area contributed by atoms with E-state index in [1.165, 1.54) is 0 Å². The van der Waals surface area contributed by atoms with Crippen molar-refractivity contribution in [3.05, 3.63) is 107 Å². The Morgan fingerprint density at radius 1 is 0.765 bits per heavy atom. The van der Waals surface area contributed by atoms with Gasteiger partial charge in [-0.2, -0.15) is 0 Å². The molecule has 3 aromatic carbocycles. The zero-order valence-electron chi connectivity index (χ0n) is 19.5. The minimum absolute atomic E-state index is 0.0625. The molecule has 3 aromatic rings. The molecule has 0 amide bonds. The van der Waals surface area contributed by atoms with Gasteiger partial charge >= 0.3 is 5.97 Å². The molecule has 1 aliphatic heterocycles. The van der Waals surface area contributed by atoms with Gasteiger partial charge in [-0.3, -0.25) is 19.3 Å². The van der Waals surface area contributed by atoms with Crippen LogP contribution in [0.2, 0.25) is 0 Å². The molecule has 0 aromatic heterocycles. The summed E-state index contributed by atoms with van der Waals surface area (Å²) >= 11 is 0. The first-order valence-electron chi connectivity index (χ1n) is 11.6. The van der Waals surface area contributed by atoms with Gasteiger partial charge in [0, 0.05) is 42.0 Å². The van der Waals surface area contributed by atoms with E-state index in [1.807, 2.05) is 68.4 Å². The molecular formula is C29H29NO4. The van der Waals surface area contributed by atoms with Crippen LogP contribution in [-0.2, 0) is 4.79 Å². The summed E-state index contributed by atoms with van der Waals surface area (Å²) in [6, 6.07) is 24.2. The number of rotatable bonds is 7. The second kappa shape index (κ2) is 10.1. The number of benzene rings is 3. The molecule has 5 nitrogen and oxygen atoms in total. The van der Waals surface area contributed by atoms with Gasteiger partial charge < -0.3 is 5.11 Å². The normalized spacial score (nSPS) is 19.0. The molecule has 0 radical (unpaired) electrons. The van der Waals surface area contributed by atoms with E-state index >= 15 is 0 Å². The lowest BCUT2D eigenvalue weighted by Crippen LogP contribution is -2.51. The molecule has 1 saturated heterocycles. The van der Waals surface area contributed by atoms with Crippen LogP contribution < -0.4 is 0 Å². The summed E-state index contributed by atoms with van der Waals surface area (Å²) in [6.07, 6.45) is 0. The second-order valence-corrected chi connectivity index (χ2v) is 9.08. The smallest absolute Gasteiger partial charge is 0.317 e. The van der Waals surface area contributed by atoms with Crippen LogP contribution in [0.5, 0.6) is 0 Å². The highest BCUT2D eigenvalue weighted by Crippen LogP contribution is 2.42. The number of nitrogens with zero attached hydrogens (tertiary/aromatic N) is 1. The average Bonchev–Trinajstić information content (AvgIpc) is 2.85. The summed E-state index contributed by atoms with van der Waals surface area (Å²) in [6.45, 7) is 4.42. The van der Waals surface area contributed by atoms with E-state index in [-0.39, 0.29) is 37.1 Å². The predicted octanol–water partition coefficient (Wildman–Crippen LogP) is 4.79. The molecule has 174 valence electrons. The highest BCUT2D eigenvalue weighted by molar-refractivity contribution is 6.02. The highest BCUT2D eigenvalue weighted by Gasteiger charge is 2.45. The number of piperidine rings is 1. The maximum Gasteiger partial charge on any atom is 0.317 e. The molecule has 1 aliphatic rings. The fourth-order valence-corrected chi connectivity index (χ4v) is 5.15. The van der Waals surface area contributed by atoms with E-state index in [2.05, 4.69) is 0 Å². The first kappa shape index (κ1) is 23.6. The van der Waals surface area contributed by atoms with Crippen LogP contribution in [0.1, 0.15) is 43.3 Å². The Labute approximate surface area is 200 Å². The van der Waals surface area contributed by atoms with Gasteiger partial charge in [0.05, 0.1) is 6.54 Å². The Hall–Kier alpha value is -3.57. The summed E-state index contributed by atoms with van der Waals surface area (Å²) in [5.74, 6) is -2.55. The van der Waals surface area contributed by atoms with Crippen molar-refractivity contribution >= 4 is 17.5 Å². The molecule has 5 heteroatoms. The number of carboxylic acids is 1. The number of ketones is 2. The molecule has 4 rings (SSSR count). The number of hydrogen-bond donors (Lipinski definition) is 1. The molecule has 0 aliphatic carbocycles. The first-order valence-corrected chi connectivity index (χ1v) is 11.6. The van der Waals surface area contributed by atoms with Crippen molar-refractivity contribution in [1.29, 1.82) is 0 Å². The summed E-state index contributed by atoms with van der Waals surface area (Å²) in [4.78, 5) is 41.0. The van der Waals surface area contributed by atoms with Crippen LogP contribution in [0.15, 0.2) is 78.9 Å². The minimum atomic E-state index is -0.970. The third kappa shape index (κ3) is 4.85. The molecule has 0 unspecified atom stereocenters. The van der Waals surface area contributed by atoms with Crippen molar-refractivity contribution in [3.63, 3.8) is 0 Å². The number of carbonyl (C=O) groups excluding carboxylic acids is 2. The van der Waals surface area contributed by atoms with Gasteiger partial charge in [0.1, 0.15) is 0 Å². The molecule has 1 N–H and O–H groups in total. The Morgan fingerprint density at radius 2 is 1.26 bits per heavy atom. The topological polar surface area (TPSA) is 74.7 Å². The van der Waals surface area contributed by atoms with Gasteiger partial charge in [0.2, 0.25) is 0 Å². The Kier molecular flexibility index (Phi) is 7.03. The lowest BCUT2D eigenvalue weighted by atomic mass is 9.67. The summed E-state index contributed by atoms with van der Waals surface area (Å²) in [5.41, 5.74) is 4.30. The summed E-state index contributed by atoms with van der Waals surface area (Å²) < 4.78 is 0. The lowest BCUT2D eigenvalue weighted by molar-refractivity contribution is -0.139. The van der Waals surface area contributed by atoms with E-state index < -0.39 is 17.8 Å². The van der Waals surface area contributed by atoms with Crippen molar-refractivity contribution in [2.24, 2.45) is 11.8 Å². The van der Waals surface area contributed by atoms with E-state index in [9.17, 15) is 19.5 Å². The van der Waals surface area contributed by atoms with E-state index in [1.54, 1.807) is 29.2 Å². The maximum atomic E-state index is 13.8. The number of likely N-dealkylation sites (tertiary alicyclic amines) is 1. The van der Waals surface area contributed by atoms with Crippen LogP contribution >= 0.6 is 0 Å². The standard InChI is InChI=1S/C29H29NO4/c1-19-10-9-15-23(20(19)2)27-24(28(33)21-11-5-3-6-12-21)16-30(18-26(31)32)17-25(27)29(34)22-13-7-4-8-14-22/h3-15,24-25,27H,16-18H2,1-2H3,(H,31,32)/t24-,25-/m0/s1. The highest BCUT2D eigenvalue weighted by atomic mass is 16.4. The fourth-order valence-electron chi connectivity index (χ4n) is 5.15. The maximum absolute atomic E-state index is 13.8. The number of carbonyl (C=O) groups is 3. The third-order valence-electron chi connectivity index (χ3n) is 6.93. The summed E-state index contributed by atoms with van der Waals surface area (Å²) in [7, 11) is 0. The second-order valence-electron chi connectivity index (χ2n) is 9.08. The van der Waals surface area contributed by atoms with E-state index in [0.717, 1.165) is 16.7 Å². The predicted molar refractivity (Wildman–Crippen MR) is 131 cm³/mol. The first-order chi connectivity index (χ1) is 16.4. The minimum Gasteiger partial charge on any atom is -0.480 e. The molecule has 1 heterocycles. The molecule has 2 atom stereocenters. The molecular weight excluding hydrogens is 426 g/mol. The SMILES string of the molecule is Cc1cccc(C2[C@@H](C(=O)c3ccccc3)CN(CC(=O)O)C[C@@H]2C(=O)c2ccccc2)c1C. The lowest BCUT2D eigenvalue weighted by Gasteiger charge is -2.43. The van der Waals surface area contributed by atoms with Crippen molar-refractivity contribution in [2.45, 2.75) is 19.8 Å². The van der Waals surface area contributed by atoms with Gasteiger partial charge in [0.25, 0.3) is 0 Å². The monoisotopic (exact) mass is 455 g/mol. The van der Waals surface area contributed by atoms with Crippen LogP contribution in [-0.4, -0.2) is 47.2 Å². The number of hydrogen-bond acceptors (Lipinski definition) is 4. The van der Waals surface area contributed by atoms with Gasteiger partial charge in [-0.1, -0.05) is 78.9 Å². The number of aliphatic carboxylic acids is 1. The van der Waals surface area contributed by atoms with Crippen molar-refractivity contribution in [1.82, 2.24) is 4.90 Å². The van der Waals surface area contributed by atoms with E-state index in [0.29, 0.717) is 11.1 Å². The largest absolute Gasteiger partial charge is 0.480 e. The quantitative estimate of drug-likeness (QED) is 0.519. The Bertz CT molecular complexity index is 1130. The van der Waals surface area contributed by atoms with Gasteiger partial charge in [0.15, 0.2) is 11.6 Å². The zero-order valence-corrected chi connectivity index (χ0v) is 19.5. The van der Waals surface area contributed by atoms with Gasteiger partial charge in [-0.25, -0.2) is 0 Å². The van der Waals surface area contributed by atoms with E-state index in [4.69, 9.17) is 0 Å². The van der Waals surface area contributed by atoms with Gasteiger partial charge in [-0.15, -0.1) is 0 Å². The average molecular weight is 456 g/mol. The van der Waals surface area contributed by atoms with Crippen LogP contribution in [0.3, 0.4) is 0 Å². The number of Topliss-reactive ketones (excluding diaryl/α,β-unsaturated/α-hetero) is 2. The molecule has 0 spiro atoms. The fraction of sp³-hybridized carbons (Fsp3) is 0.276. The van der Waals surface area contributed by atoms with Crippen LogP contribution in [0.25, 0.3) is 0 Å². The molecule has 34 heavy (non-hydrogen) atoms. The van der Waals surface area contributed by atoms with Gasteiger partial charge in [-0.05, 0) is 30.5 Å². The van der Waals surface area contributed by atoms with Crippen molar-refractivity contribution < 1.29 is 19.5 Å². The Morgan fingerprint density at radius 3 is 1.74 bits per heavy atom. The third-order valence-corrected chi connectivity index (χ3v) is 6.93. The zero-order chi connectivity index (χ0) is 24.2. The summed E-state index contributed by atoms with van der Waals surface area (Å²) in [5, 5.41) is 9.50. The van der Waals surface area contributed by atoms with Crippen LogP contribution in [0.4, 0.5) is 0 Å². The van der Waals surface area contributed by atoms with Crippen molar-refractivity contribution in [3.8, 4) is 0 Å². The molecule has 0 saturated carbocycles. The Balaban J connectivity index is 1.86.